The van der Waals surface area contributed by atoms with Gasteiger partial charge >= 0.3 is 0 Å². The molecular formula is C28H33N7O5. The third kappa shape index (κ3) is 4.80. The van der Waals surface area contributed by atoms with Gasteiger partial charge in [-0.1, -0.05) is 6.07 Å². The van der Waals surface area contributed by atoms with Crippen molar-refractivity contribution in [1.29, 1.82) is 0 Å². The van der Waals surface area contributed by atoms with Crippen molar-refractivity contribution in [3.05, 3.63) is 58.8 Å². The molecule has 5 heterocycles. The lowest BCUT2D eigenvalue weighted by Gasteiger charge is -2.41. The van der Waals surface area contributed by atoms with E-state index in [9.17, 15) is 24.6 Å². The summed E-state index contributed by atoms with van der Waals surface area (Å²) < 4.78 is 1.53. The molecule has 12 heteroatoms. The van der Waals surface area contributed by atoms with Crippen LogP contribution in [0.25, 0.3) is 28.2 Å². The molecule has 3 aromatic heterocycles. The summed E-state index contributed by atoms with van der Waals surface area (Å²) in [5.74, 6) is 0.483. The Morgan fingerprint density at radius 1 is 1.10 bits per heavy atom. The van der Waals surface area contributed by atoms with Crippen molar-refractivity contribution >= 4 is 23.3 Å². The van der Waals surface area contributed by atoms with Crippen LogP contribution in [-0.2, 0) is 9.59 Å². The quantitative estimate of drug-likeness (QED) is 0.289. The number of hydrogen-bond donors (Lipinski definition) is 5. The van der Waals surface area contributed by atoms with Crippen LogP contribution in [0.3, 0.4) is 0 Å². The smallest absolute Gasteiger partial charge is 0.247 e. The van der Waals surface area contributed by atoms with Crippen LogP contribution in [0.5, 0.6) is 0 Å². The lowest BCUT2D eigenvalue weighted by Crippen LogP contribution is -2.51. The van der Waals surface area contributed by atoms with Gasteiger partial charge in [-0.15, -0.1) is 0 Å². The molecule has 1 atom stereocenters. The summed E-state index contributed by atoms with van der Waals surface area (Å²) in [7, 11) is 0. The van der Waals surface area contributed by atoms with Gasteiger partial charge in [-0.25, -0.2) is 4.68 Å². The van der Waals surface area contributed by atoms with Gasteiger partial charge in [0.15, 0.2) is 5.78 Å². The van der Waals surface area contributed by atoms with Crippen molar-refractivity contribution in [2.45, 2.75) is 32.7 Å². The number of likely N-dealkylation sites (tertiary alicyclic amines) is 1. The molecule has 40 heavy (non-hydrogen) atoms. The fraction of sp³-hybridized carbons (Fsp3) is 0.393. The van der Waals surface area contributed by atoms with Crippen LogP contribution in [0.2, 0.25) is 0 Å². The molecule has 0 aromatic carbocycles. The number of nitrogens with one attached hydrogen (secondary N) is 2. The fourth-order valence-electron chi connectivity index (χ4n) is 5.42. The molecule has 2 aliphatic rings. The molecule has 12 nitrogen and oxygen atoms in total. The van der Waals surface area contributed by atoms with E-state index in [-0.39, 0.29) is 35.0 Å². The molecule has 3 aromatic rings. The topological polar surface area (TPSA) is 179 Å². The Labute approximate surface area is 230 Å². The maximum atomic E-state index is 12.9. The standard InChI is InChI=1S/C28H33N7O5/c1-16(38)23-24(17-7-9-34(10-8-17)27(40)28(2,14-36)15-37)33-26-20(13-32-35(26)25(23)29)18-3-5-21(30-11-18)19-4-6-22(39)31-12-19/h3-6,11-13,17,24,33,36-37H,7-10,14-15,29H2,1-2H3,(H,31,39). The number of aromatic amines is 1. The molecule has 0 spiro atoms. The summed E-state index contributed by atoms with van der Waals surface area (Å²) in [6, 6.07) is 6.53. The van der Waals surface area contributed by atoms with Gasteiger partial charge in [-0.05, 0) is 44.7 Å². The van der Waals surface area contributed by atoms with Gasteiger partial charge in [0.05, 0.1) is 42.1 Å². The van der Waals surface area contributed by atoms with Crippen LogP contribution in [0, 0.1) is 11.3 Å². The number of nitrogens with zero attached hydrogens (tertiary/aromatic N) is 4. The first-order chi connectivity index (χ1) is 19.2. The number of aliphatic hydroxyl groups excluding tert-OH is 2. The second kappa shape index (κ2) is 10.7. The average Bonchev–Trinajstić information content (AvgIpc) is 3.41. The number of amides is 1. The van der Waals surface area contributed by atoms with E-state index < -0.39 is 18.6 Å². The van der Waals surface area contributed by atoms with Crippen LogP contribution in [0.1, 0.15) is 26.7 Å². The number of H-pyrrole nitrogens is 1. The number of anilines is 1. The minimum absolute atomic E-state index is 0.00764. The zero-order valence-corrected chi connectivity index (χ0v) is 22.4. The number of rotatable bonds is 7. The van der Waals surface area contributed by atoms with Crippen molar-refractivity contribution < 1.29 is 19.8 Å². The van der Waals surface area contributed by atoms with Crippen LogP contribution in [0.4, 0.5) is 5.82 Å². The highest BCUT2D eigenvalue weighted by atomic mass is 16.3. The van der Waals surface area contributed by atoms with Gasteiger partial charge in [0.1, 0.15) is 11.6 Å². The van der Waals surface area contributed by atoms with Crippen molar-refractivity contribution in [3.8, 4) is 22.4 Å². The number of aromatic nitrogens is 4. The molecule has 2 aliphatic heterocycles. The Balaban J connectivity index is 1.40. The molecule has 0 bridgehead atoms. The molecule has 1 unspecified atom stereocenters. The molecule has 6 N–H and O–H groups in total. The van der Waals surface area contributed by atoms with E-state index in [0.717, 1.165) is 16.7 Å². The molecule has 0 aliphatic carbocycles. The van der Waals surface area contributed by atoms with E-state index in [1.807, 2.05) is 12.1 Å². The number of ketones is 1. The largest absolute Gasteiger partial charge is 0.395 e. The predicted molar refractivity (Wildman–Crippen MR) is 149 cm³/mol. The van der Waals surface area contributed by atoms with Gasteiger partial charge in [-0.2, -0.15) is 5.10 Å². The van der Waals surface area contributed by atoms with Crippen LogP contribution >= 0.6 is 0 Å². The Bertz CT molecular complexity index is 1490. The summed E-state index contributed by atoms with van der Waals surface area (Å²) in [6.45, 7) is 3.03. The zero-order chi connectivity index (χ0) is 28.6. The molecule has 210 valence electrons. The van der Waals surface area contributed by atoms with Gasteiger partial charge in [0.25, 0.3) is 0 Å². The minimum Gasteiger partial charge on any atom is -0.395 e. The Morgan fingerprint density at radius 2 is 1.80 bits per heavy atom. The number of aliphatic hydroxyl groups is 2. The van der Waals surface area contributed by atoms with E-state index in [2.05, 4.69) is 20.4 Å². The number of fused-ring (bicyclic) bond motifs is 1. The monoisotopic (exact) mass is 547 g/mol. The average molecular weight is 548 g/mol. The van der Waals surface area contributed by atoms with Crippen LogP contribution in [0.15, 0.2) is 53.2 Å². The van der Waals surface area contributed by atoms with E-state index in [1.165, 1.54) is 17.7 Å². The number of pyridine rings is 2. The first-order valence-corrected chi connectivity index (χ1v) is 13.2. The second-order valence-corrected chi connectivity index (χ2v) is 10.7. The van der Waals surface area contributed by atoms with E-state index in [4.69, 9.17) is 5.73 Å². The number of carbonyl (C=O) groups excluding carboxylic acids is 2. The lowest BCUT2D eigenvalue weighted by atomic mass is 9.82. The van der Waals surface area contributed by atoms with Gasteiger partial charge in [0, 0.05) is 48.2 Å². The predicted octanol–water partition coefficient (Wildman–Crippen LogP) is 1.04. The highest BCUT2D eigenvalue weighted by molar-refractivity contribution is 6.01. The minimum atomic E-state index is -1.23. The third-order valence-electron chi connectivity index (χ3n) is 7.92. The van der Waals surface area contributed by atoms with Gasteiger partial charge in [-0.3, -0.25) is 19.4 Å². The maximum Gasteiger partial charge on any atom is 0.247 e. The molecule has 1 amide bonds. The normalized spacial score (nSPS) is 17.9. The molecule has 5 rings (SSSR count). The van der Waals surface area contributed by atoms with Crippen molar-refractivity contribution in [3.63, 3.8) is 0 Å². The second-order valence-electron chi connectivity index (χ2n) is 10.7. The van der Waals surface area contributed by atoms with Crippen molar-refractivity contribution in [2.24, 2.45) is 17.1 Å². The highest BCUT2D eigenvalue weighted by Gasteiger charge is 2.41. The SMILES string of the molecule is CC(=O)C1=C(N)n2ncc(-c3ccc(-c4ccc(=O)[nH]c4)nc3)c2NC1C1CCN(C(=O)C(C)(CO)CO)CC1. The van der Waals surface area contributed by atoms with Gasteiger partial charge < -0.3 is 31.1 Å². The summed E-state index contributed by atoms with van der Waals surface area (Å²) in [5, 5.41) is 27.2. The Morgan fingerprint density at radius 3 is 2.38 bits per heavy atom. The first kappa shape index (κ1) is 27.3. The Hall–Kier alpha value is -4.29. The van der Waals surface area contributed by atoms with Crippen LogP contribution < -0.4 is 16.6 Å². The lowest BCUT2D eigenvalue weighted by molar-refractivity contribution is -0.147. The molecular weight excluding hydrogens is 514 g/mol. The van der Waals surface area contributed by atoms with E-state index in [0.29, 0.717) is 43.0 Å². The summed E-state index contributed by atoms with van der Waals surface area (Å²) >= 11 is 0. The van der Waals surface area contributed by atoms with Crippen molar-refractivity contribution in [2.75, 3.05) is 31.6 Å². The van der Waals surface area contributed by atoms with E-state index >= 15 is 0 Å². The first-order valence-electron chi connectivity index (χ1n) is 13.2. The van der Waals surface area contributed by atoms with Crippen molar-refractivity contribution in [1.82, 2.24) is 24.6 Å². The molecule has 0 radical (unpaired) electrons. The fourth-order valence-corrected chi connectivity index (χ4v) is 5.42. The summed E-state index contributed by atoms with van der Waals surface area (Å²) in [6.07, 6.45) is 6.23. The maximum absolute atomic E-state index is 12.9. The number of piperidine rings is 1. The van der Waals surface area contributed by atoms with Crippen LogP contribution in [-0.4, -0.2) is 78.9 Å². The Kier molecular flexibility index (Phi) is 7.30. The number of hydrogen-bond acceptors (Lipinski definition) is 9. The molecule has 0 saturated carbocycles. The van der Waals surface area contributed by atoms with E-state index in [1.54, 1.807) is 36.5 Å². The summed E-state index contributed by atoms with van der Waals surface area (Å²) in [5.41, 5.74) is 8.60. The summed E-state index contributed by atoms with van der Waals surface area (Å²) in [4.78, 5) is 45.9. The van der Waals surface area contributed by atoms with Gasteiger partial charge in [0.2, 0.25) is 11.5 Å². The molecule has 1 saturated heterocycles. The third-order valence-corrected chi connectivity index (χ3v) is 7.92. The molecule has 1 fully saturated rings. The number of Topliss-reactive ketones (excluding diaryl/α,β-unsaturated/α-hetero) is 1. The number of carbonyl (C=O) groups is 2. The highest BCUT2D eigenvalue weighted by Crippen LogP contribution is 2.38. The number of nitrogens with two attached hydrogens (primary N) is 1. The zero-order valence-electron chi connectivity index (χ0n) is 22.4.